The molecule has 106 valence electrons. The number of hydrogen-bond donors (Lipinski definition) is 2. The van der Waals surface area contributed by atoms with Crippen LogP contribution in [0.1, 0.15) is 36.2 Å². The second kappa shape index (κ2) is 7.14. The Bertz CT molecular complexity index is 430. The molecule has 0 aliphatic rings. The molecule has 2 N–H and O–H groups in total. The molecule has 0 radical (unpaired) electrons. The van der Waals surface area contributed by atoms with Crippen LogP contribution in [0.25, 0.3) is 0 Å². The maximum absolute atomic E-state index is 11.1. The van der Waals surface area contributed by atoms with Gasteiger partial charge in [0, 0.05) is 18.3 Å². The van der Waals surface area contributed by atoms with Crippen molar-refractivity contribution in [1.29, 1.82) is 0 Å². The van der Waals surface area contributed by atoms with Gasteiger partial charge in [0.05, 0.1) is 5.56 Å². The number of nitrogens with one attached hydrogen (secondary N) is 1. The minimum absolute atomic E-state index is 0.336. The first kappa shape index (κ1) is 15.5. The van der Waals surface area contributed by atoms with Crippen LogP contribution >= 0.6 is 0 Å². The summed E-state index contributed by atoms with van der Waals surface area (Å²) in [4.78, 5) is 13.4. The summed E-state index contributed by atoms with van der Waals surface area (Å²) in [5.41, 5.74) is 2.11. The van der Waals surface area contributed by atoms with Crippen LogP contribution in [0, 0.1) is 6.92 Å². The number of carboxylic acid groups (broad SMARTS) is 1. The molecule has 0 heterocycles. The molecule has 4 heteroatoms. The average molecular weight is 264 g/mol. The van der Waals surface area contributed by atoms with Crippen molar-refractivity contribution in [3.8, 4) is 0 Å². The standard InChI is InChI=1S/C15H24N2O2/c1-11(2)17(4)9-5-8-16-14-10-12(3)6-7-13(14)15(18)19/h6-7,10-11,16H,5,8-9H2,1-4H3,(H,18,19). The van der Waals surface area contributed by atoms with Crippen molar-refractivity contribution in [3.05, 3.63) is 29.3 Å². The third kappa shape index (κ3) is 4.91. The van der Waals surface area contributed by atoms with Gasteiger partial charge in [-0.05, 0) is 58.5 Å². The Labute approximate surface area is 115 Å². The lowest BCUT2D eigenvalue weighted by Gasteiger charge is -2.21. The van der Waals surface area contributed by atoms with Gasteiger partial charge in [0.2, 0.25) is 0 Å². The fraction of sp³-hybridized carbons (Fsp3) is 0.533. The van der Waals surface area contributed by atoms with Gasteiger partial charge in [-0.15, -0.1) is 0 Å². The van der Waals surface area contributed by atoms with Gasteiger partial charge in [-0.25, -0.2) is 4.79 Å². The molecule has 0 bridgehead atoms. The van der Waals surface area contributed by atoms with Gasteiger partial charge in [-0.3, -0.25) is 0 Å². The fourth-order valence-corrected chi connectivity index (χ4v) is 1.80. The fourth-order valence-electron chi connectivity index (χ4n) is 1.80. The molecule has 0 amide bonds. The Balaban J connectivity index is 2.53. The van der Waals surface area contributed by atoms with E-state index in [-0.39, 0.29) is 0 Å². The highest BCUT2D eigenvalue weighted by Gasteiger charge is 2.09. The van der Waals surface area contributed by atoms with Gasteiger partial charge in [0.25, 0.3) is 0 Å². The third-order valence-electron chi connectivity index (χ3n) is 3.29. The van der Waals surface area contributed by atoms with E-state index < -0.39 is 5.97 Å². The molecule has 19 heavy (non-hydrogen) atoms. The number of benzene rings is 1. The number of carbonyl (C=O) groups is 1. The zero-order chi connectivity index (χ0) is 14.4. The molecule has 1 aromatic rings. The van der Waals surface area contributed by atoms with E-state index >= 15 is 0 Å². The van der Waals surface area contributed by atoms with Crippen LogP contribution in [0.15, 0.2) is 18.2 Å². The van der Waals surface area contributed by atoms with E-state index in [0.717, 1.165) is 25.1 Å². The molecule has 0 spiro atoms. The highest BCUT2D eigenvalue weighted by atomic mass is 16.4. The molecule has 1 aromatic carbocycles. The molecule has 0 saturated heterocycles. The number of nitrogens with zero attached hydrogens (tertiary/aromatic N) is 1. The van der Waals surface area contributed by atoms with E-state index in [1.54, 1.807) is 6.07 Å². The van der Waals surface area contributed by atoms with Crippen molar-refractivity contribution >= 4 is 11.7 Å². The van der Waals surface area contributed by atoms with Crippen LogP contribution in [-0.2, 0) is 0 Å². The highest BCUT2D eigenvalue weighted by molar-refractivity contribution is 5.94. The maximum atomic E-state index is 11.1. The van der Waals surface area contributed by atoms with E-state index in [0.29, 0.717) is 17.3 Å². The van der Waals surface area contributed by atoms with Crippen LogP contribution in [0.4, 0.5) is 5.69 Å². The molecular weight excluding hydrogens is 240 g/mol. The Morgan fingerprint density at radius 2 is 2.11 bits per heavy atom. The summed E-state index contributed by atoms with van der Waals surface area (Å²) < 4.78 is 0. The summed E-state index contributed by atoms with van der Waals surface area (Å²) in [6.07, 6.45) is 0.988. The summed E-state index contributed by atoms with van der Waals surface area (Å²) in [6, 6.07) is 5.89. The lowest BCUT2D eigenvalue weighted by molar-refractivity contribution is 0.0698. The molecule has 1 rings (SSSR count). The minimum Gasteiger partial charge on any atom is -0.478 e. The number of hydrogen-bond acceptors (Lipinski definition) is 3. The summed E-state index contributed by atoms with van der Waals surface area (Å²) in [7, 11) is 2.10. The van der Waals surface area contributed by atoms with Crippen molar-refractivity contribution in [1.82, 2.24) is 4.90 Å². The van der Waals surface area contributed by atoms with Crippen LogP contribution < -0.4 is 5.32 Å². The van der Waals surface area contributed by atoms with Crippen LogP contribution in [-0.4, -0.2) is 42.2 Å². The first-order valence-electron chi connectivity index (χ1n) is 6.70. The van der Waals surface area contributed by atoms with Gasteiger partial charge in [-0.1, -0.05) is 6.07 Å². The third-order valence-corrected chi connectivity index (χ3v) is 3.29. The second-order valence-electron chi connectivity index (χ2n) is 5.21. The predicted molar refractivity (Wildman–Crippen MR) is 79.0 cm³/mol. The number of anilines is 1. The molecule has 0 aromatic heterocycles. The van der Waals surface area contributed by atoms with Crippen molar-refractivity contribution in [2.75, 3.05) is 25.5 Å². The van der Waals surface area contributed by atoms with Gasteiger partial charge in [-0.2, -0.15) is 0 Å². The zero-order valence-corrected chi connectivity index (χ0v) is 12.2. The van der Waals surface area contributed by atoms with E-state index in [4.69, 9.17) is 5.11 Å². The Morgan fingerprint density at radius 3 is 2.68 bits per heavy atom. The van der Waals surface area contributed by atoms with Crippen LogP contribution in [0.5, 0.6) is 0 Å². The lowest BCUT2D eigenvalue weighted by atomic mass is 10.1. The normalized spacial score (nSPS) is 11.1. The summed E-state index contributed by atoms with van der Waals surface area (Å²) >= 11 is 0. The summed E-state index contributed by atoms with van der Waals surface area (Å²) in [6.45, 7) is 8.07. The van der Waals surface area contributed by atoms with Gasteiger partial charge < -0.3 is 15.3 Å². The van der Waals surface area contributed by atoms with Gasteiger partial charge in [0.1, 0.15) is 0 Å². The highest BCUT2D eigenvalue weighted by Crippen LogP contribution is 2.17. The topological polar surface area (TPSA) is 52.6 Å². The average Bonchev–Trinajstić information content (AvgIpc) is 2.33. The monoisotopic (exact) mass is 264 g/mol. The van der Waals surface area contributed by atoms with Crippen molar-refractivity contribution < 1.29 is 9.90 Å². The molecule has 0 fully saturated rings. The molecular formula is C15H24N2O2. The first-order valence-corrected chi connectivity index (χ1v) is 6.70. The van der Waals surface area contributed by atoms with E-state index in [1.807, 2.05) is 19.1 Å². The Morgan fingerprint density at radius 1 is 1.42 bits per heavy atom. The summed E-state index contributed by atoms with van der Waals surface area (Å²) in [5, 5.41) is 12.3. The molecule has 0 unspecified atom stereocenters. The molecule has 0 saturated carbocycles. The smallest absolute Gasteiger partial charge is 0.337 e. The van der Waals surface area contributed by atoms with E-state index in [1.165, 1.54) is 0 Å². The Hall–Kier alpha value is -1.55. The molecule has 4 nitrogen and oxygen atoms in total. The quantitative estimate of drug-likeness (QED) is 0.744. The number of aryl methyl sites for hydroxylation is 1. The predicted octanol–water partition coefficient (Wildman–Crippen LogP) is 2.84. The number of carboxylic acids is 1. The SMILES string of the molecule is Cc1ccc(C(=O)O)c(NCCCN(C)C(C)C)c1. The first-order chi connectivity index (χ1) is 8.91. The summed E-state index contributed by atoms with van der Waals surface area (Å²) in [5.74, 6) is -0.887. The molecule has 0 aliphatic heterocycles. The maximum Gasteiger partial charge on any atom is 0.337 e. The van der Waals surface area contributed by atoms with Crippen molar-refractivity contribution in [3.63, 3.8) is 0 Å². The molecule has 0 aliphatic carbocycles. The zero-order valence-electron chi connectivity index (χ0n) is 12.2. The molecule has 0 atom stereocenters. The minimum atomic E-state index is -0.887. The Kier molecular flexibility index (Phi) is 5.83. The van der Waals surface area contributed by atoms with Crippen LogP contribution in [0.2, 0.25) is 0 Å². The van der Waals surface area contributed by atoms with Gasteiger partial charge in [0.15, 0.2) is 0 Å². The second-order valence-corrected chi connectivity index (χ2v) is 5.21. The van der Waals surface area contributed by atoms with Crippen molar-refractivity contribution in [2.45, 2.75) is 33.2 Å². The van der Waals surface area contributed by atoms with E-state index in [9.17, 15) is 4.79 Å². The van der Waals surface area contributed by atoms with E-state index in [2.05, 4.69) is 31.1 Å². The van der Waals surface area contributed by atoms with Crippen molar-refractivity contribution in [2.24, 2.45) is 0 Å². The lowest BCUT2D eigenvalue weighted by Crippen LogP contribution is -2.28. The largest absolute Gasteiger partial charge is 0.478 e. The van der Waals surface area contributed by atoms with Gasteiger partial charge >= 0.3 is 5.97 Å². The van der Waals surface area contributed by atoms with Crippen LogP contribution in [0.3, 0.4) is 0 Å². The number of aromatic carboxylic acids is 1. The number of rotatable bonds is 7.